The molecule has 0 aromatic heterocycles. The molecule has 8 unspecified atom stereocenters. The van der Waals surface area contributed by atoms with Gasteiger partial charge in [0.2, 0.25) is 0 Å². The maximum atomic E-state index is 13.6. The molecule has 6 N–H and O–H groups in total. The number of hydrogen-bond donors (Lipinski definition) is 6. The molecule has 2 aliphatic carbocycles. The zero-order chi connectivity index (χ0) is 62.6. The molecular weight excluding hydrogens is 1140 g/mol. The first kappa shape index (κ1) is 79.1. The van der Waals surface area contributed by atoms with Gasteiger partial charge in [0.25, 0.3) is 0 Å². The van der Waals surface area contributed by atoms with Gasteiger partial charge in [-0.05, 0) is 12.8 Å². The molecule has 0 amide bonds. The molecule has 32 nitrogen and oxygen atoms in total. The number of carbonyl (C=O) groups is 8. The van der Waals surface area contributed by atoms with E-state index < -0.39 is 95.1 Å². The first-order chi connectivity index (χ1) is 40.8. The van der Waals surface area contributed by atoms with Gasteiger partial charge in [-0.2, -0.15) is 0 Å². The fourth-order valence-corrected chi connectivity index (χ4v) is 8.13. The smallest absolute Gasteiger partial charge is 0.310 e. The number of ether oxygens (including phenoxy) is 18. The second-order valence-corrected chi connectivity index (χ2v) is 17.2. The molecule has 0 saturated heterocycles. The van der Waals surface area contributed by atoms with Gasteiger partial charge in [-0.25, -0.2) is 0 Å². The summed E-state index contributed by atoms with van der Waals surface area (Å²) in [5, 5.41) is 51.7. The number of carbonyl (C=O) groups excluding carboxylic acids is 8. The average Bonchev–Trinajstić information content (AvgIpc) is 2.09. The third-order valence-corrected chi connectivity index (χ3v) is 11.8. The lowest BCUT2D eigenvalue weighted by Crippen LogP contribution is -2.39. The van der Waals surface area contributed by atoms with E-state index in [9.17, 15) is 38.4 Å². The fraction of sp³-hybridized carbons (Fsp3) is 0.846. The van der Waals surface area contributed by atoms with Gasteiger partial charge in [-0.15, -0.1) is 0 Å². The molecule has 0 aromatic rings. The standard InChI is InChI=1S/C33H58O20.C13H18O8.C6H14O4/c34-1-5-42-9-13-46-17-21-50-30(38)26-25-27(31(39)51-22-18-47-14-10-43-6-2-35)29(33(41)53-24-20-49-16-12-45-8-4-37)28(26)32(40)52-23-19-48-15-11-44-7-3-36;1-18-10(14)6-5-7(11(15)19-2)9(13(17)21-4)8(6)12(16)20-3;7-1-3-9-5-6-10-4-2-8/h26-29,34-37H,1-25H2;6-9H,5H2,1-4H3;7-8H,1-6H2. The lowest BCUT2D eigenvalue weighted by atomic mass is 9.86. The molecular formula is C52H90O32. The van der Waals surface area contributed by atoms with Crippen LogP contribution in [0.3, 0.4) is 0 Å². The summed E-state index contributed by atoms with van der Waals surface area (Å²) in [5.74, 6) is -16.3. The Morgan fingerprint density at radius 2 is 0.405 bits per heavy atom. The van der Waals surface area contributed by atoms with Gasteiger partial charge >= 0.3 is 47.8 Å². The lowest BCUT2D eigenvalue weighted by Gasteiger charge is -2.23. The van der Waals surface area contributed by atoms with Crippen LogP contribution in [-0.4, -0.2) is 305 Å². The van der Waals surface area contributed by atoms with Crippen LogP contribution in [0.25, 0.3) is 0 Å². The lowest BCUT2D eigenvalue weighted by molar-refractivity contribution is -0.170. The number of hydrogen-bond acceptors (Lipinski definition) is 32. The van der Waals surface area contributed by atoms with Gasteiger partial charge in [-0.1, -0.05) is 0 Å². The van der Waals surface area contributed by atoms with Gasteiger partial charge in [0.05, 0.1) is 248 Å². The van der Waals surface area contributed by atoms with Crippen LogP contribution in [0.1, 0.15) is 12.8 Å². The summed E-state index contributed by atoms with van der Waals surface area (Å²) in [6.07, 6.45) is -0.334. The van der Waals surface area contributed by atoms with Gasteiger partial charge in [0.15, 0.2) is 0 Å². The molecule has 2 aliphatic rings. The second-order valence-electron chi connectivity index (χ2n) is 17.2. The minimum absolute atomic E-state index is 0.0115. The monoisotopic (exact) mass is 1230 g/mol. The summed E-state index contributed by atoms with van der Waals surface area (Å²) in [4.78, 5) is 101. The van der Waals surface area contributed by atoms with Crippen molar-refractivity contribution in [1.82, 2.24) is 0 Å². The van der Waals surface area contributed by atoms with Crippen molar-refractivity contribution in [2.45, 2.75) is 12.8 Å². The summed E-state index contributed by atoms with van der Waals surface area (Å²) in [6, 6.07) is 0. The summed E-state index contributed by atoms with van der Waals surface area (Å²) in [7, 11) is 4.59. The molecule has 0 aromatic carbocycles. The Morgan fingerprint density at radius 3 is 0.607 bits per heavy atom. The number of esters is 8. The summed E-state index contributed by atoms with van der Waals surface area (Å²) in [6.45, 7) is 2.23. The van der Waals surface area contributed by atoms with Crippen molar-refractivity contribution in [3.8, 4) is 0 Å². The first-order valence-electron chi connectivity index (χ1n) is 27.2. The van der Waals surface area contributed by atoms with Crippen LogP contribution in [0, 0.1) is 47.3 Å². The van der Waals surface area contributed by atoms with Crippen molar-refractivity contribution in [3.63, 3.8) is 0 Å². The number of aliphatic hydroxyl groups excluding tert-OH is 6. The minimum Gasteiger partial charge on any atom is -0.469 e. The van der Waals surface area contributed by atoms with Gasteiger partial charge < -0.3 is 116 Å². The van der Waals surface area contributed by atoms with Gasteiger partial charge in [-0.3, -0.25) is 38.4 Å². The summed E-state index contributed by atoms with van der Waals surface area (Å²) < 4.78 is 91.7. The van der Waals surface area contributed by atoms with E-state index in [-0.39, 0.29) is 185 Å². The predicted molar refractivity (Wildman–Crippen MR) is 280 cm³/mol. The van der Waals surface area contributed by atoms with Gasteiger partial charge in [0, 0.05) is 0 Å². The molecule has 490 valence electrons. The van der Waals surface area contributed by atoms with Crippen LogP contribution >= 0.6 is 0 Å². The molecule has 2 rings (SSSR count). The first-order valence-corrected chi connectivity index (χ1v) is 27.2. The maximum Gasteiger partial charge on any atom is 0.310 e. The van der Waals surface area contributed by atoms with Crippen molar-refractivity contribution < 1.29 is 154 Å². The van der Waals surface area contributed by atoms with E-state index in [4.69, 9.17) is 97.0 Å². The highest BCUT2D eigenvalue weighted by molar-refractivity contribution is 5.94. The number of methoxy groups -OCH3 is 4. The number of aliphatic hydroxyl groups is 6. The molecule has 0 bridgehead atoms. The highest BCUT2D eigenvalue weighted by Crippen LogP contribution is 2.46. The van der Waals surface area contributed by atoms with Crippen molar-refractivity contribution in [2.75, 3.05) is 227 Å². The van der Waals surface area contributed by atoms with Gasteiger partial charge in [0.1, 0.15) is 26.4 Å². The maximum absolute atomic E-state index is 13.6. The molecule has 0 aliphatic heterocycles. The molecule has 0 spiro atoms. The van der Waals surface area contributed by atoms with Crippen molar-refractivity contribution >= 4 is 47.8 Å². The molecule has 8 atom stereocenters. The van der Waals surface area contributed by atoms with Crippen LogP contribution in [-0.2, 0) is 124 Å². The third-order valence-electron chi connectivity index (χ3n) is 11.8. The van der Waals surface area contributed by atoms with E-state index >= 15 is 0 Å². The van der Waals surface area contributed by atoms with Crippen LogP contribution in [0.2, 0.25) is 0 Å². The Balaban J connectivity index is 0.00000180. The number of rotatable bonds is 47. The zero-order valence-corrected chi connectivity index (χ0v) is 48.5. The van der Waals surface area contributed by atoms with Crippen LogP contribution in [0.5, 0.6) is 0 Å². The summed E-state index contributed by atoms with van der Waals surface area (Å²) in [5.41, 5.74) is 0. The minimum atomic E-state index is -1.49. The van der Waals surface area contributed by atoms with Crippen LogP contribution in [0.4, 0.5) is 0 Å². The Bertz CT molecular complexity index is 1620. The molecule has 32 heteroatoms. The van der Waals surface area contributed by atoms with Crippen molar-refractivity contribution in [2.24, 2.45) is 47.3 Å². The second kappa shape index (κ2) is 53.6. The molecule has 0 heterocycles. The highest BCUT2D eigenvalue weighted by Gasteiger charge is 2.59. The quantitative estimate of drug-likeness (QED) is 0.0191. The van der Waals surface area contributed by atoms with E-state index in [1.807, 2.05) is 0 Å². The average molecular weight is 1230 g/mol. The Kier molecular flexibility index (Phi) is 50.5. The SMILES string of the molecule is COC(=O)C1CC(C(=O)OC)C(C(=O)OC)C1C(=O)OC.O=C(OCCOCCOCCO)C1CC(C(=O)OCCOCCOCCO)C(C(=O)OCCOCCOCCO)C1C(=O)OCCOCCOCCO.OCCOCCOCCO. The fourth-order valence-electron chi connectivity index (χ4n) is 8.13. The molecule has 0 radical (unpaired) electrons. The van der Waals surface area contributed by atoms with E-state index in [2.05, 4.69) is 18.9 Å². The Labute approximate surface area is 487 Å². The van der Waals surface area contributed by atoms with Crippen molar-refractivity contribution in [1.29, 1.82) is 0 Å². The Morgan fingerprint density at radius 1 is 0.238 bits per heavy atom. The Hall–Kier alpha value is -4.88. The van der Waals surface area contributed by atoms with Crippen LogP contribution < -0.4 is 0 Å². The molecule has 2 saturated carbocycles. The van der Waals surface area contributed by atoms with E-state index in [0.717, 1.165) is 28.4 Å². The van der Waals surface area contributed by atoms with Crippen LogP contribution in [0.15, 0.2) is 0 Å². The molecule has 2 fully saturated rings. The topological polar surface area (TPSA) is 424 Å². The molecule has 84 heavy (non-hydrogen) atoms. The normalized spacial score (nSPS) is 19.6. The van der Waals surface area contributed by atoms with Crippen molar-refractivity contribution in [3.05, 3.63) is 0 Å². The third kappa shape index (κ3) is 34.3. The predicted octanol–water partition coefficient (Wildman–Crippen LogP) is -4.32. The summed E-state index contributed by atoms with van der Waals surface area (Å²) >= 11 is 0. The largest absolute Gasteiger partial charge is 0.469 e. The van der Waals surface area contributed by atoms with E-state index in [1.165, 1.54) is 0 Å². The van der Waals surface area contributed by atoms with E-state index in [0.29, 0.717) is 26.4 Å². The highest BCUT2D eigenvalue weighted by atomic mass is 16.6. The zero-order valence-electron chi connectivity index (χ0n) is 48.5. The van der Waals surface area contributed by atoms with E-state index in [1.54, 1.807) is 0 Å².